The van der Waals surface area contributed by atoms with E-state index in [1.165, 1.54) is 19.1 Å². The second-order valence-corrected chi connectivity index (χ2v) is 11.7. The largest absolute Gasteiger partial charge is 0.478 e. The third-order valence-electron chi connectivity index (χ3n) is 6.78. The topological polar surface area (TPSA) is 136 Å². The number of nitrogens with zero attached hydrogens (tertiary/aromatic N) is 3. The lowest BCUT2D eigenvalue weighted by Gasteiger charge is -2.21. The summed E-state index contributed by atoms with van der Waals surface area (Å²) < 4.78 is 14.2. The molecule has 0 aliphatic heterocycles. The van der Waals surface area contributed by atoms with E-state index < -0.39 is 11.9 Å². The quantitative estimate of drug-likeness (QED) is 0.108. The highest BCUT2D eigenvalue weighted by Gasteiger charge is 2.16. The maximum absolute atomic E-state index is 11.7. The fourth-order valence-corrected chi connectivity index (χ4v) is 5.30. The first-order chi connectivity index (χ1) is 21.1. The Morgan fingerprint density at radius 2 is 1.75 bits per heavy atom. The summed E-state index contributed by atoms with van der Waals surface area (Å²) >= 11 is 1.23. The Labute approximate surface area is 261 Å². The maximum Gasteiger partial charge on any atom is 0.356 e. The van der Waals surface area contributed by atoms with Crippen LogP contribution in [-0.2, 0) is 11.3 Å². The molecule has 4 rings (SSSR count). The third-order valence-corrected chi connectivity index (χ3v) is 7.56. The lowest BCUT2D eigenvalue weighted by atomic mass is 10.00. The number of aromatic nitrogens is 3. The molecule has 44 heavy (non-hydrogen) atoms. The van der Waals surface area contributed by atoms with Crippen LogP contribution in [0.2, 0.25) is 0 Å². The molecule has 0 aliphatic rings. The summed E-state index contributed by atoms with van der Waals surface area (Å²) in [6.07, 6.45) is 2.53. The highest BCUT2D eigenvalue weighted by atomic mass is 32.2. The number of nitrogens with one attached hydrogen (secondary N) is 2. The zero-order chi connectivity index (χ0) is 31.6. The highest BCUT2D eigenvalue weighted by Crippen LogP contribution is 2.30. The fraction of sp³-hybridized carbons (Fsp3) is 0.303. The monoisotopic (exact) mass is 615 g/mol. The number of esters is 1. The molecule has 0 bridgehead atoms. The molecule has 2 aromatic carbocycles. The van der Waals surface area contributed by atoms with Crippen molar-refractivity contribution in [3.8, 4) is 17.1 Å². The number of benzene rings is 2. The molecule has 0 radical (unpaired) electrons. The molecular weight excluding hydrogens is 578 g/mol. The van der Waals surface area contributed by atoms with E-state index in [9.17, 15) is 14.7 Å². The van der Waals surface area contributed by atoms with Gasteiger partial charge in [-0.3, -0.25) is 4.72 Å². The summed E-state index contributed by atoms with van der Waals surface area (Å²) in [5.41, 5.74) is 5.27. The van der Waals surface area contributed by atoms with Crippen molar-refractivity contribution in [2.75, 3.05) is 18.4 Å². The number of aromatic carboxylic acids is 1. The zero-order valence-electron chi connectivity index (χ0n) is 25.5. The lowest BCUT2D eigenvalue weighted by molar-refractivity contribution is 0.0593. The number of aryl methyl sites for hydroxylation is 2. The van der Waals surface area contributed by atoms with Crippen LogP contribution in [0.5, 0.6) is 5.88 Å². The van der Waals surface area contributed by atoms with Crippen molar-refractivity contribution in [2.24, 2.45) is 5.92 Å². The van der Waals surface area contributed by atoms with E-state index in [-0.39, 0.29) is 17.3 Å². The van der Waals surface area contributed by atoms with Gasteiger partial charge in [-0.25, -0.2) is 19.6 Å². The van der Waals surface area contributed by atoms with Crippen molar-refractivity contribution in [3.05, 3.63) is 94.8 Å². The second-order valence-electron chi connectivity index (χ2n) is 10.8. The van der Waals surface area contributed by atoms with Gasteiger partial charge in [-0.2, -0.15) is 4.98 Å². The van der Waals surface area contributed by atoms with E-state index in [4.69, 9.17) is 14.5 Å². The number of carbonyl (C=O) groups excluding carboxylic acids is 1. The Bertz CT molecular complexity index is 1580. The molecule has 10 nitrogen and oxygen atoms in total. The van der Waals surface area contributed by atoms with Gasteiger partial charge in [0.25, 0.3) is 0 Å². The van der Waals surface area contributed by atoms with Crippen molar-refractivity contribution in [1.82, 2.24) is 20.3 Å². The number of carbonyl (C=O) groups is 2. The molecular formula is C33H37N5O5S. The summed E-state index contributed by atoms with van der Waals surface area (Å²) in [6, 6.07) is 18.1. The molecule has 0 saturated heterocycles. The third kappa shape index (κ3) is 9.01. The van der Waals surface area contributed by atoms with Gasteiger partial charge in [-0.15, -0.1) is 0 Å². The van der Waals surface area contributed by atoms with Crippen LogP contribution < -0.4 is 14.8 Å². The standard InChI is InChI=1S/C33H37N5O5S/c1-20(2)14-25(34-17-23-12-13-27(35-18-23)32(41)42-5)19-43-29-16-28(30-21(3)8-6-9-22(30)4)36-33(37-29)38-44-26-11-7-10-24(15-26)31(39)40/h6-13,15-16,18,20,25,34H,14,17,19H2,1-5H3,(H,39,40)(H,36,37,38). The Morgan fingerprint density at radius 1 is 1.00 bits per heavy atom. The normalized spacial score (nSPS) is 11.7. The van der Waals surface area contributed by atoms with Crippen LogP contribution in [-0.4, -0.2) is 51.8 Å². The predicted molar refractivity (Wildman–Crippen MR) is 171 cm³/mol. The zero-order valence-corrected chi connectivity index (χ0v) is 26.3. The van der Waals surface area contributed by atoms with Crippen molar-refractivity contribution in [1.29, 1.82) is 0 Å². The summed E-state index contributed by atoms with van der Waals surface area (Å²) in [7, 11) is 1.33. The minimum atomic E-state index is -0.990. The van der Waals surface area contributed by atoms with E-state index in [1.807, 2.05) is 50.2 Å². The average molecular weight is 616 g/mol. The smallest absolute Gasteiger partial charge is 0.356 e. The van der Waals surface area contributed by atoms with Crippen LogP contribution in [0.25, 0.3) is 11.3 Å². The van der Waals surface area contributed by atoms with E-state index in [0.29, 0.717) is 35.8 Å². The van der Waals surface area contributed by atoms with Gasteiger partial charge < -0.3 is 19.9 Å². The lowest BCUT2D eigenvalue weighted by Crippen LogP contribution is -2.35. The van der Waals surface area contributed by atoms with Crippen LogP contribution in [0.15, 0.2) is 71.8 Å². The Morgan fingerprint density at radius 3 is 2.41 bits per heavy atom. The summed E-state index contributed by atoms with van der Waals surface area (Å²) in [6.45, 7) is 9.31. The van der Waals surface area contributed by atoms with Gasteiger partial charge >= 0.3 is 11.9 Å². The van der Waals surface area contributed by atoms with Gasteiger partial charge in [0.05, 0.1) is 18.4 Å². The molecule has 0 saturated carbocycles. The van der Waals surface area contributed by atoms with Crippen molar-refractivity contribution in [2.45, 2.75) is 51.6 Å². The van der Waals surface area contributed by atoms with Crippen molar-refractivity contribution >= 4 is 29.8 Å². The molecule has 2 heterocycles. The summed E-state index contributed by atoms with van der Waals surface area (Å²) in [5.74, 6) is -0.283. The first-order valence-corrected chi connectivity index (χ1v) is 15.1. The van der Waals surface area contributed by atoms with E-state index in [0.717, 1.165) is 34.4 Å². The molecule has 2 aromatic heterocycles. The molecule has 1 unspecified atom stereocenters. The van der Waals surface area contributed by atoms with Gasteiger partial charge in [0.1, 0.15) is 12.3 Å². The van der Waals surface area contributed by atoms with Crippen molar-refractivity contribution < 1.29 is 24.2 Å². The first kappa shape index (κ1) is 32.4. The van der Waals surface area contributed by atoms with Crippen molar-refractivity contribution in [3.63, 3.8) is 0 Å². The number of carboxylic acid groups (broad SMARTS) is 1. The second kappa shape index (κ2) is 15.3. The summed E-state index contributed by atoms with van der Waals surface area (Å²) in [4.78, 5) is 37.4. The summed E-state index contributed by atoms with van der Waals surface area (Å²) in [5, 5.41) is 12.9. The molecule has 0 fully saturated rings. The van der Waals surface area contributed by atoms with E-state index >= 15 is 0 Å². The number of carboxylic acids is 1. The van der Waals surface area contributed by atoms with Gasteiger partial charge in [0, 0.05) is 35.3 Å². The van der Waals surface area contributed by atoms with Crippen LogP contribution in [0, 0.1) is 19.8 Å². The van der Waals surface area contributed by atoms with Gasteiger partial charge in [0.2, 0.25) is 11.8 Å². The Balaban J connectivity index is 1.53. The molecule has 230 valence electrons. The number of hydrogen-bond donors (Lipinski definition) is 3. The molecule has 0 amide bonds. The minimum Gasteiger partial charge on any atom is -0.478 e. The van der Waals surface area contributed by atoms with Crippen LogP contribution in [0.1, 0.15) is 57.8 Å². The maximum atomic E-state index is 11.7. The number of rotatable bonds is 14. The SMILES string of the molecule is COC(=O)c1ccc(CNC(COc2cc(-c3c(C)cccc3C)nc(NSc3cccc(C(=O)O)c3)n2)CC(C)C)cn1. The molecule has 1 atom stereocenters. The number of methoxy groups -OCH3 is 1. The van der Waals surface area contributed by atoms with Gasteiger partial charge in [-0.05, 0) is 79.1 Å². The van der Waals surface area contributed by atoms with Gasteiger partial charge in [0.15, 0.2) is 0 Å². The van der Waals surface area contributed by atoms with Crippen LogP contribution in [0.3, 0.4) is 0 Å². The molecule has 4 aromatic rings. The van der Waals surface area contributed by atoms with Gasteiger partial charge in [-0.1, -0.05) is 44.2 Å². The van der Waals surface area contributed by atoms with E-state index in [2.05, 4.69) is 33.9 Å². The Hall–Kier alpha value is -4.48. The number of ether oxygens (including phenoxy) is 2. The first-order valence-electron chi connectivity index (χ1n) is 14.2. The number of anilines is 1. The predicted octanol–water partition coefficient (Wildman–Crippen LogP) is 6.34. The number of hydrogen-bond acceptors (Lipinski definition) is 10. The average Bonchev–Trinajstić information content (AvgIpc) is 3.01. The Kier molecular flexibility index (Phi) is 11.3. The minimum absolute atomic E-state index is 0.0124. The van der Waals surface area contributed by atoms with Crippen LogP contribution in [0.4, 0.5) is 5.95 Å². The highest BCUT2D eigenvalue weighted by molar-refractivity contribution is 8.00. The molecule has 0 spiro atoms. The van der Waals surface area contributed by atoms with E-state index in [1.54, 1.807) is 30.5 Å². The fourth-order valence-electron chi connectivity index (χ4n) is 4.67. The van der Waals surface area contributed by atoms with Crippen LogP contribution >= 0.6 is 11.9 Å². The number of pyridine rings is 1. The molecule has 11 heteroatoms. The molecule has 3 N–H and O–H groups in total. The molecule has 0 aliphatic carbocycles.